The Labute approximate surface area is 287 Å². The highest BCUT2D eigenvalue weighted by Crippen LogP contribution is 2.28. The first-order valence-electron chi connectivity index (χ1n) is 17.3. The number of carbonyl (C=O) groups excluding carboxylic acids is 3. The first kappa shape index (κ1) is 41.8. The molecule has 48 heavy (non-hydrogen) atoms. The molecule has 0 aromatic carbocycles. The first-order chi connectivity index (χ1) is 23.1. The number of esters is 2. The van der Waals surface area contributed by atoms with Gasteiger partial charge in [-0.15, -0.1) is 5.10 Å². The number of carbonyl (C=O) groups is 3. The predicted octanol–water partition coefficient (Wildman–Crippen LogP) is 2.21. The van der Waals surface area contributed by atoms with E-state index in [1.54, 1.807) is 0 Å². The minimum atomic E-state index is -1.60. The number of nitrogens with one attached hydrogen (secondary N) is 1. The van der Waals surface area contributed by atoms with Gasteiger partial charge in [-0.05, 0) is 12.8 Å². The van der Waals surface area contributed by atoms with Gasteiger partial charge in [0.25, 0.3) is 0 Å². The van der Waals surface area contributed by atoms with Gasteiger partial charge in [-0.2, -0.15) is 11.8 Å². The maximum absolute atomic E-state index is 12.8. The Morgan fingerprint density at radius 3 is 2.15 bits per heavy atom. The number of thioether (sulfide) groups is 1. The lowest BCUT2D eigenvalue weighted by molar-refractivity contribution is -0.254. The van der Waals surface area contributed by atoms with Crippen LogP contribution in [0.5, 0.6) is 0 Å². The molecular weight excluding hydrogens is 646 g/mol. The number of rotatable bonds is 25. The Morgan fingerprint density at radius 2 is 1.52 bits per heavy atom. The zero-order chi connectivity index (χ0) is 35.3. The second kappa shape index (κ2) is 23.9. The Morgan fingerprint density at radius 1 is 0.917 bits per heavy atom. The summed E-state index contributed by atoms with van der Waals surface area (Å²) in [6, 6.07) is -0.984. The van der Waals surface area contributed by atoms with Crippen LogP contribution in [-0.2, 0) is 28.6 Å². The van der Waals surface area contributed by atoms with Crippen molar-refractivity contribution in [2.24, 2.45) is 5.73 Å². The van der Waals surface area contributed by atoms with Crippen molar-refractivity contribution in [2.45, 2.75) is 147 Å². The van der Waals surface area contributed by atoms with Crippen molar-refractivity contribution in [3.05, 3.63) is 6.20 Å². The van der Waals surface area contributed by atoms with Gasteiger partial charge in [-0.3, -0.25) is 14.4 Å². The molecule has 1 aromatic heterocycles. The molecule has 0 saturated carbocycles. The number of ether oxygens (including phenoxy) is 3. The summed E-state index contributed by atoms with van der Waals surface area (Å²) in [5, 5.41) is 49.9. The molecule has 1 saturated heterocycles. The van der Waals surface area contributed by atoms with Gasteiger partial charge < -0.3 is 45.7 Å². The topological polar surface area (TPSA) is 229 Å². The number of unbranched alkanes of at least 4 members (excludes halogenated alkanes) is 10. The van der Waals surface area contributed by atoms with Gasteiger partial charge in [0, 0.05) is 24.3 Å². The van der Waals surface area contributed by atoms with Crippen LogP contribution in [-0.4, -0.2) is 115 Å². The highest BCUT2D eigenvalue weighted by molar-refractivity contribution is 7.99. The monoisotopic (exact) mass is 703 g/mol. The second-order valence-corrected chi connectivity index (χ2v) is 13.3. The lowest BCUT2D eigenvalue weighted by atomic mass is 9.98. The fourth-order valence-corrected chi connectivity index (χ4v) is 6.07. The summed E-state index contributed by atoms with van der Waals surface area (Å²) >= 11 is 1.28. The average Bonchev–Trinajstić information content (AvgIpc) is 3.53. The summed E-state index contributed by atoms with van der Waals surface area (Å²) in [7, 11) is 0. The third kappa shape index (κ3) is 15.5. The van der Waals surface area contributed by atoms with Crippen LogP contribution in [0.2, 0.25) is 0 Å². The first-order valence-corrected chi connectivity index (χ1v) is 18.5. The molecule has 16 heteroatoms. The van der Waals surface area contributed by atoms with Gasteiger partial charge in [0.15, 0.2) is 12.0 Å². The van der Waals surface area contributed by atoms with E-state index >= 15 is 0 Å². The number of aromatic nitrogens is 3. The van der Waals surface area contributed by atoms with Crippen LogP contribution < -0.4 is 11.1 Å². The largest absolute Gasteiger partial charge is 0.462 e. The van der Waals surface area contributed by atoms with E-state index in [0.29, 0.717) is 6.42 Å². The number of aliphatic hydroxyl groups excluding tert-OH is 4. The van der Waals surface area contributed by atoms with E-state index in [9.17, 15) is 34.8 Å². The van der Waals surface area contributed by atoms with Crippen molar-refractivity contribution in [3.8, 4) is 0 Å². The molecule has 2 heterocycles. The lowest BCUT2D eigenvalue weighted by Crippen LogP contribution is -2.56. The van der Waals surface area contributed by atoms with Crippen molar-refractivity contribution in [1.29, 1.82) is 0 Å². The number of hydrogen-bond acceptors (Lipinski definition) is 14. The van der Waals surface area contributed by atoms with Crippen LogP contribution in [0.4, 0.5) is 5.82 Å². The molecule has 1 aliphatic heterocycles. The number of hydrogen-bond donors (Lipinski definition) is 6. The van der Waals surface area contributed by atoms with Gasteiger partial charge in [0.2, 0.25) is 5.91 Å². The molecule has 2 rings (SSSR count). The third-order valence-corrected chi connectivity index (χ3v) is 9.23. The molecule has 276 valence electrons. The van der Waals surface area contributed by atoms with Crippen LogP contribution in [0.1, 0.15) is 110 Å². The fraction of sp³-hybridized carbons (Fsp3) is 0.844. The Balaban J connectivity index is 1.84. The fourth-order valence-electron chi connectivity index (χ4n) is 5.10. The summed E-state index contributed by atoms with van der Waals surface area (Å²) in [5.41, 5.74) is 6.10. The molecule has 0 radical (unpaired) electrons. The predicted molar refractivity (Wildman–Crippen MR) is 180 cm³/mol. The normalized spacial score (nSPS) is 22.2. The maximum Gasteiger partial charge on any atom is 0.306 e. The van der Waals surface area contributed by atoms with Gasteiger partial charge in [0.05, 0.1) is 18.8 Å². The molecule has 7 N–H and O–H groups in total. The van der Waals surface area contributed by atoms with Crippen molar-refractivity contribution in [1.82, 2.24) is 15.0 Å². The standard InChI is InChI=1S/C32H57N5O10S/c1-3-5-7-9-11-13-15-26(39)45-19-22(46-27(40)16-14-12-10-8-6-4-2)20-48-21-23(33)31(44)34-25-17-37(36-35-25)32-30(43)29(42)28(41)24(18-38)47-32/h17,22-24,28-30,32,38,41-43H,3-16,18-21,33H2,1-2H3,(H,34,44)/t22-,23-,24?,28?,29?,30?,32?/m1/s1. The van der Waals surface area contributed by atoms with E-state index in [-0.39, 0.29) is 42.3 Å². The minimum Gasteiger partial charge on any atom is -0.462 e. The third-order valence-electron chi connectivity index (χ3n) is 8.02. The molecule has 7 atom stereocenters. The van der Waals surface area contributed by atoms with Gasteiger partial charge in [-0.1, -0.05) is 83.3 Å². The Hall–Kier alpha value is -2.34. The number of amides is 1. The van der Waals surface area contributed by atoms with Gasteiger partial charge in [-0.25, -0.2) is 4.68 Å². The van der Waals surface area contributed by atoms with Crippen LogP contribution in [0.25, 0.3) is 0 Å². The average molecular weight is 704 g/mol. The van der Waals surface area contributed by atoms with Crippen molar-refractivity contribution in [2.75, 3.05) is 30.0 Å². The lowest BCUT2D eigenvalue weighted by Gasteiger charge is -2.39. The van der Waals surface area contributed by atoms with E-state index in [2.05, 4.69) is 29.5 Å². The zero-order valence-corrected chi connectivity index (χ0v) is 29.2. The summed E-state index contributed by atoms with van der Waals surface area (Å²) < 4.78 is 17.6. The van der Waals surface area contributed by atoms with Crippen LogP contribution >= 0.6 is 11.8 Å². The van der Waals surface area contributed by atoms with Crippen LogP contribution in [0.15, 0.2) is 6.20 Å². The van der Waals surface area contributed by atoms with E-state index in [0.717, 1.165) is 68.9 Å². The summed E-state index contributed by atoms with van der Waals surface area (Å²) in [5.74, 6) is -0.848. The van der Waals surface area contributed by atoms with Gasteiger partial charge >= 0.3 is 11.9 Å². The van der Waals surface area contributed by atoms with E-state index in [4.69, 9.17) is 19.9 Å². The van der Waals surface area contributed by atoms with Crippen molar-refractivity contribution >= 4 is 35.4 Å². The van der Waals surface area contributed by atoms with E-state index in [1.165, 1.54) is 30.8 Å². The molecule has 0 bridgehead atoms. The van der Waals surface area contributed by atoms with E-state index in [1.807, 2.05) is 0 Å². The van der Waals surface area contributed by atoms with Crippen LogP contribution in [0, 0.1) is 0 Å². The molecule has 15 nitrogen and oxygen atoms in total. The van der Waals surface area contributed by atoms with Crippen molar-refractivity contribution in [3.63, 3.8) is 0 Å². The Kier molecular flexibility index (Phi) is 20.8. The SMILES string of the molecule is CCCCCCCCC(=O)OC[C@H](CSC[C@@H](N)C(=O)Nc1cn(C2OC(CO)C(O)C(O)C2O)nn1)OC(=O)CCCCCCCC. The number of anilines is 1. The second-order valence-electron chi connectivity index (χ2n) is 12.3. The van der Waals surface area contributed by atoms with Crippen LogP contribution in [0.3, 0.4) is 0 Å². The quantitative estimate of drug-likeness (QED) is 0.0634. The molecule has 5 unspecified atom stereocenters. The van der Waals surface area contributed by atoms with Gasteiger partial charge in [0.1, 0.15) is 37.1 Å². The molecule has 1 amide bonds. The van der Waals surface area contributed by atoms with Crippen molar-refractivity contribution < 1.29 is 49.0 Å². The minimum absolute atomic E-state index is 0.00353. The molecule has 0 aliphatic carbocycles. The molecule has 1 aromatic rings. The highest BCUT2D eigenvalue weighted by Gasteiger charge is 2.44. The zero-order valence-electron chi connectivity index (χ0n) is 28.4. The number of nitrogens with zero attached hydrogens (tertiary/aromatic N) is 3. The highest BCUT2D eigenvalue weighted by atomic mass is 32.2. The summed E-state index contributed by atoms with van der Waals surface area (Å²) in [4.78, 5) is 37.6. The molecule has 1 fully saturated rings. The summed E-state index contributed by atoms with van der Waals surface area (Å²) in [6.45, 7) is 3.62. The molecular formula is C32H57N5O10S. The summed E-state index contributed by atoms with van der Waals surface area (Å²) in [6.07, 6.45) is 6.55. The number of nitrogens with two attached hydrogens (primary N) is 1. The van der Waals surface area contributed by atoms with E-state index < -0.39 is 55.3 Å². The molecule has 0 spiro atoms. The number of aliphatic hydroxyl groups is 4. The Bertz CT molecular complexity index is 1060. The molecule has 1 aliphatic rings. The smallest absolute Gasteiger partial charge is 0.306 e. The maximum atomic E-state index is 12.8.